The van der Waals surface area contributed by atoms with E-state index in [0.717, 1.165) is 43.0 Å². The van der Waals surface area contributed by atoms with Gasteiger partial charge in [0.05, 0.1) is 25.6 Å². The van der Waals surface area contributed by atoms with Gasteiger partial charge in [-0.2, -0.15) is 9.97 Å². The van der Waals surface area contributed by atoms with Crippen molar-refractivity contribution in [3.05, 3.63) is 35.7 Å². The van der Waals surface area contributed by atoms with Crippen molar-refractivity contribution in [2.24, 2.45) is 7.05 Å². The van der Waals surface area contributed by atoms with Crippen LogP contribution in [0.1, 0.15) is 44.7 Å². The lowest BCUT2D eigenvalue weighted by atomic mass is 9.86. The summed E-state index contributed by atoms with van der Waals surface area (Å²) in [7, 11) is 3.67. The number of anilines is 3. The molecule has 8 nitrogen and oxygen atoms in total. The summed E-state index contributed by atoms with van der Waals surface area (Å²) in [5.74, 6) is 1.49. The van der Waals surface area contributed by atoms with Crippen LogP contribution in [0.15, 0.2) is 24.5 Å². The largest absolute Gasteiger partial charge is 0.382 e. The molecule has 1 aliphatic rings. The molecule has 4 rings (SSSR count). The first-order valence-electron chi connectivity index (χ1n) is 11.7. The predicted molar refractivity (Wildman–Crippen MR) is 133 cm³/mol. The summed E-state index contributed by atoms with van der Waals surface area (Å²) in [4.78, 5) is 16.5. The molecule has 2 aromatic heterocycles. The van der Waals surface area contributed by atoms with Crippen LogP contribution in [-0.4, -0.2) is 59.0 Å². The number of hydrogen-bond acceptors (Lipinski definition) is 7. The van der Waals surface area contributed by atoms with E-state index in [4.69, 9.17) is 19.4 Å². The molecule has 1 aromatic carbocycles. The first kappa shape index (κ1) is 23.4. The molecule has 33 heavy (non-hydrogen) atoms. The number of benzene rings is 1. The average molecular weight is 453 g/mol. The van der Waals surface area contributed by atoms with Crippen LogP contribution < -0.4 is 10.2 Å². The maximum Gasteiger partial charge on any atom is 0.229 e. The van der Waals surface area contributed by atoms with Gasteiger partial charge in [0.15, 0.2) is 11.5 Å². The summed E-state index contributed by atoms with van der Waals surface area (Å²) in [6.45, 7) is 11.8. The maximum absolute atomic E-state index is 5.92. The lowest BCUT2D eigenvalue weighted by Crippen LogP contribution is -2.38. The molecule has 0 spiro atoms. The Morgan fingerprint density at radius 3 is 2.58 bits per heavy atom. The number of aryl methyl sites for hydroxylation is 2. The highest BCUT2D eigenvalue weighted by Gasteiger charge is 2.24. The van der Waals surface area contributed by atoms with E-state index in [0.29, 0.717) is 24.8 Å². The third-order valence-electron chi connectivity index (χ3n) is 6.28. The molecular formula is C25H36N6O2. The summed E-state index contributed by atoms with van der Waals surface area (Å²) in [6, 6.07) is 6.59. The van der Waals surface area contributed by atoms with Crippen LogP contribution in [0.3, 0.4) is 0 Å². The molecule has 178 valence electrons. The molecule has 0 radical (unpaired) electrons. The molecule has 0 amide bonds. The fraction of sp³-hybridized carbons (Fsp3) is 0.560. The van der Waals surface area contributed by atoms with Crippen LogP contribution in [-0.2, 0) is 21.9 Å². The first-order chi connectivity index (χ1) is 15.8. The molecule has 0 aliphatic carbocycles. The molecule has 0 atom stereocenters. The minimum Gasteiger partial charge on any atom is -0.382 e. The van der Waals surface area contributed by atoms with Gasteiger partial charge < -0.3 is 24.3 Å². The number of ether oxygens (including phenoxy) is 2. The number of piperidine rings is 1. The van der Waals surface area contributed by atoms with Crippen molar-refractivity contribution >= 4 is 28.6 Å². The first-order valence-corrected chi connectivity index (χ1v) is 11.7. The summed E-state index contributed by atoms with van der Waals surface area (Å²) < 4.78 is 13.0. The Balaban J connectivity index is 1.60. The van der Waals surface area contributed by atoms with E-state index in [1.807, 2.05) is 11.6 Å². The van der Waals surface area contributed by atoms with E-state index in [1.54, 1.807) is 13.4 Å². The highest BCUT2D eigenvalue weighted by molar-refractivity contribution is 5.87. The van der Waals surface area contributed by atoms with E-state index in [-0.39, 0.29) is 11.5 Å². The summed E-state index contributed by atoms with van der Waals surface area (Å²) in [5, 5.41) is 3.60. The predicted octanol–water partition coefficient (Wildman–Crippen LogP) is 4.34. The number of imidazole rings is 1. The fourth-order valence-electron chi connectivity index (χ4n) is 4.15. The van der Waals surface area contributed by atoms with Crippen LogP contribution >= 0.6 is 0 Å². The Labute approximate surface area is 196 Å². The third kappa shape index (κ3) is 5.28. The topological polar surface area (TPSA) is 77.3 Å². The molecule has 0 unspecified atom stereocenters. The molecule has 0 bridgehead atoms. The molecule has 8 heteroatoms. The average Bonchev–Trinajstić information content (AvgIpc) is 3.16. The van der Waals surface area contributed by atoms with Gasteiger partial charge in [-0.1, -0.05) is 32.9 Å². The Hall–Kier alpha value is -2.71. The van der Waals surface area contributed by atoms with Crippen molar-refractivity contribution in [2.75, 3.05) is 43.6 Å². The van der Waals surface area contributed by atoms with Crippen molar-refractivity contribution in [1.82, 2.24) is 19.5 Å². The standard InChI is InChI=1S/C25H36N6O2/c1-17-7-8-18(25(2,3)4)15-20(17)27-23-21-22(26-16-30(21)5)28-24(29-23)31-11-9-19(10-12-31)33-14-13-32-6/h7-8,15-16,19H,9-14H2,1-6H3,(H,27,28,29). The summed E-state index contributed by atoms with van der Waals surface area (Å²) >= 11 is 0. The van der Waals surface area contributed by atoms with Crippen molar-refractivity contribution < 1.29 is 9.47 Å². The SMILES string of the molecule is COCCOC1CCN(c2nc(Nc3cc(C(C)(C)C)ccc3C)c3c(ncn3C)n2)CC1. The molecule has 1 N–H and O–H groups in total. The molecule has 1 fully saturated rings. The van der Waals surface area contributed by atoms with Crippen molar-refractivity contribution in [3.63, 3.8) is 0 Å². The monoisotopic (exact) mass is 452 g/mol. The van der Waals surface area contributed by atoms with Gasteiger partial charge in [-0.25, -0.2) is 4.98 Å². The number of nitrogens with one attached hydrogen (secondary N) is 1. The fourth-order valence-corrected chi connectivity index (χ4v) is 4.15. The van der Waals surface area contributed by atoms with Crippen LogP contribution in [0.5, 0.6) is 0 Å². The highest BCUT2D eigenvalue weighted by atomic mass is 16.5. The molecule has 3 aromatic rings. The van der Waals surface area contributed by atoms with Gasteiger partial charge in [0.2, 0.25) is 5.95 Å². The maximum atomic E-state index is 5.92. The quantitative estimate of drug-likeness (QED) is 0.534. The Morgan fingerprint density at radius 1 is 1.12 bits per heavy atom. The molecule has 0 saturated carbocycles. The van der Waals surface area contributed by atoms with Crippen molar-refractivity contribution in [2.45, 2.75) is 52.1 Å². The van der Waals surface area contributed by atoms with Crippen LogP contribution in [0.2, 0.25) is 0 Å². The van der Waals surface area contributed by atoms with E-state index >= 15 is 0 Å². The zero-order chi connectivity index (χ0) is 23.6. The minimum absolute atomic E-state index is 0.0679. The molecule has 1 saturated heterocycles. The number of rotatable bonds is 7. The molecule has 3 heterocycles. The van der Waals surface area contributed by atoms with Crippen LogP contribution in [0, 0.1) is 6.92 Å². The van der Waals surface area contributed by atoms with Gasteiger partial charge in [0.25, 0.3) is 0 Å². The number of fused-ring (bicyclic) bond motifs is 1. The van der Waals surface area contributed by atoms with Crippen molar-refractivity contribution in [1.29, 1.82) is 0 Å². The van der Waals surface area contributed by atoms with Crippen LogP contribution in [0.25, 0.3) is 11.2 Å². The normalized spacial score (nSPS) is 15.4. The number of hydrogen-bond donors (Lipinski definition) is 1. The van der Waals surface area contributed by atoms with Crippen molar-refractivity contribution in [3.8, 4) is 0 Å². The lowest BCUT2D eigenvalue weighted by Gasteiger charge is -2.32. The highest BCUT2D eigenvalue weighted by Crippen LogP contribution is 2.31. The van der Waals surface area contributed by atoms with Gasteiger partial charge in [0, 0.05) is 32.9 Å². The summed E-state index contributed by atoms with van der Waals surface area (Å²) in [5.41, 5.74) is 5.18. The van der Waals surface area contributed by atoms with E-state index in [1.165, 1.54) is 11.1 Å². The number of nitrogens with zero attached hydrogens (tertiary/aromatic N) is 5. The van der Waals surface area contributed by atoms with E-state index in [9.17, 15) is 0 Å². The van der Waals surface area contributed by atoms with Gasteiger partial charge in [-0.3, -0.25) is 0 Å². The zero-order valence-electron chi connectivity index (χ0n) is 20.7. The second-order valence-corrected chi connectivity index (χ2v) is 9.85. The Kier molecular flexibility index (Phi) is 6.86. The van der Waals surface area contributed by atoms with E-state index in [2.05, 4.69) is 61.1 Å². The summed E-state index contributed by atoms with van der Waals surface area (Å²) in [6.07, 6.45) is 3.95. The van der Waals surface area contributed by atoms with E-state index < -0.39 is 0 Å². The van der Waals surface area contributed by atoms with Crippen LogP contribution in [0.4, 0.5) is 17.5 Å². The lowest BCUT2D eigenvalue weighted by molar-refractivity contribution is 0.00599. The van der Waals surface area contributed by atoms with Gasteiger partial charge in [0.1, 0.15) is 5.52 Å². The van der Waals surface area contributed by atoms with Gasteiger partial charge in [-0.05, 0) is 42.4 Å². The number of methoxy groups -OCH3 is 1. The third-order valence-corrected chi connectivity index (χ3v) is 6.28. The Morgan fingerprint density at radius 2 is 1.88 bits per heavy atom. The second kappa shape index (κ2) is 9.65. The smallest absolute Gasteiger partial charge is 0.229 e. The number of aromatic nitrogens is 4. The molecular weight excluding hydrogens is 416 g/mol. The second-order valence-electron chi connectivity index (χ2n) is 9.85. The van der Waals surface area contributed by atoms with Gasteiger partial charge >= 0.3 is 0 Å². The Bertz CT molecular complexity index is 1100. The van der Waals surface area contributed by atoms with Gasteiger partial charge in [-0.15, -0.1) is 0 Å². The molecule has 1 aliphatic heterocycles. The zero-order valence-corrected chi connectivity index (χ0v) is 20.7. The minimum atomic E-state index is 0.0679.